The number of hydroxylamine groups is 1. The van der Waals surface area contributed by atoms with Gasteiger partial charge in [-0.05, 0) is 36.0 Å². The van der Waals surface area contributed by atoms with E-state index in [1.54, 1.807) is 5.48 Å². The predicted molar refractivity (Wildman–Crippen MR) is 104 cm³/mol. The Morgan fingerprint density at radius 1 is 1.07 bits per heavy atom. The van der Waals surface area contributed by atoms with Crippen molar-refractivity contribution in [1.82, 2.24) is 10.8 Å². The summed E-state index contributed by atoms with van der Waals surface area (Å²) in [6.07, 6.45) is 1.78. The maximum absolute atomic E-state index is 12.9. The van der Waals surface area contributed by atoms with E-state index in [1.165, 1.54) is 5.56 Å². The van der Waals surface area contributed by atoms with E-state index in [0.717, 1.165) is 24.0 Å². The number of hydrogen-bond donors (Lipinski definition) is 4. The molecule has 0 saturated heterocycles. The fourth-order valence-electron chi connectivity index (χ4n) is 3.81. The zero-order valence-electron chi connectivity index (χ0n) is 15.7. The zero-order valence-corrected chi connectivity index (χ0v) is 15.7. The van der Waals surface area contributed by atoms with E-state index in [0.29, 0.717) is 12.8 Å². The molecule has 0 aromatic heterocycles. The molecule has 2 amide bonds. The van der Waals surface area contributed by atoms with Gasteiger partial charge in [-0.25, -0.2) is 5.48 Å². The molecule has 6 nitrogen and oxygen atoms in total. The summed E-state index contributed by atoms with van der Waals surface area (Å²) in [7, 11) is 0. The standard InChI is InChI=1S/C22H26N2O4/c25-19-13-16-10-4-5-12-18(16)21(19)23-22(27)17(14-20(26)24-28)11-6-9-15-7-2-1-3-8-15/h1-5,7-8,10,12,17,19,21,25,28H,6,9,11,13-14H2,(H,23,27)(H,24,26)/t17-,19-,21+/m1/s1. The van der Waals surface area contributed by atoms with Crippen molar-refractivity contribution in [1.29, 1.82) is 0 Å². The molecular formula is C22H26N2O4. The molecular weight excluding hydrogens is 356 g/mol. The molecule has 2 aromatic carbocycles. The third kappa shape index (κ3) is 4.97. The minimum Gasteiger partial charge on any atom is -0.390 e. The fourth-order valence-corrected chi connectivity index (χ4v) is 3.81. The normalized spacial score (nSPS) is 18.9. The molecule has 4 N–H and O–H groups in total. The van der Waals surface area contributed by atoms with Crippen LogP contribution in [0.2, 0.25) is 0 Å². The van der Waals surface area contributed by atoms with Crippen LogP contribution >= 0.6 is 0 Å². The molecule has 6 heteroatoms. The molecule has 3 atom stereocenters. The van der Waals surface area contributed by atoms with Gasteiger partial charge in [0.2, 0.25) is 11.8 Å². The van der Waals surface area contributed by atoms with Crippen LogP contribution in [0.15, 0.2) is 54.6 Å². The number of hydrogen-bond acceptors (Lipinski definition) is 4. The van der Waals surface area contributed by atoms with Gasteiger partial charge in [-0.15, -0.1) is 0 Å². The van der Waals surface area contributed by atoms with Crippen molar-refractivity contribution < 1.29 is 19.9 Å². The van der Waals surface area contributed by atoms with Gasteiger partial charge in [0.05, 0.1) is 12.1 Å². The zero-order chi connectivity index (χ0) is 19.9. The van der Waals surface area contributed by atoms with Crippen molar-refractivity contribution in [2.24, 2.45) is 5.92 Å². The first-order chi connectivity index (χ1) is 13.6. The highest BCUT2D eigenvalue weighted by Gasteiger charge is 2.33. The maximum Gasteiger partial charge on any atom is 0.244 e. The number of carbonyl (C=O) groups is 2. The smallest absolute Gasteiger partial charge is 0.244 e. The second-order valence-corrected chi connectivity index (χ2v) is 7.27. The highest BCUT2D eigenvalue weighted by atomic mass is 16.5. The van der Waals surface area contributed by atoms with Crippen molar-refractivity contribution in [3.8, 4) is 0 Å². The summed E-state index contributed by atoms with van der Waals surface area (Å²) in [5.41, 5.74) is 4.72. The van der Waals surface area contributed by atoms with Gasteiger partial charge in [0, 0.05) is 18.8 Å². The summed E-state index contributed by atoms with van der Waals surface area (Å²) in [5.74, 6) is -1.44. The summed E-state index contributed by atoms with van der Waals surface area (Å²) in [6, 6.07) is 17.1. The lowest BCUT2D eigenvalue weighted by Crippen LogP contribution is -2.39. The summed E-state index contributed by atoms with van der Waals surface area (Å²) in [5, 5.41) is 22.1. The Morgan fingerprint density at radius 3 is 2.54 bits per heavy atom. The monoisotopic (exact) mass is 382 g/mol. The number of aryl methyl sites for hydroxylation is 1. The van der Waals surface area contributed by atoms with Gasteiger partial charge in [-0.1, -0.05) is 54.6 Å². The largest absolute Gasteiger partial charge is 0.390 e. The van der Waals surface area contributed by atoms with Crippen LogP contribution in [-0.4, -0.2) is 28.2 Å². The topological polar surface area (TPSA) is 98.7 Å². The number of fused-ring (bicyclic) bond motifs is 1. The molecule has 0 saturated carbocycles. The SMILES string of the molecule is O=C(C[C@@H](CCCc1ccccc1)C(=O)N[C@H]1c2ccccc2C[C@H]1O)NO. The molecule has 1 aliphatic rings. The second kappa shape index (κ2) is 9.48. The van der Waals surface area contributed by atoms with Crippen molar-refractivity contribution >= 4 is 11.8 Å². The highest BCUT2D eigenvalue weighted by Crippen LogP contribution is 2.31. The molecule has 0 unspecified atom stereocenters. The second-order valence-electron chi connectivity index (χ2n) is 7.27. The van der Waals surface area contributed by atoms with Crippen molar-refractivity contribution in [3.05, 3.63) is 71.3 Å². The van der Waals surface area contributed by atoms with E-state index in [4.69, 9.17) is 5.21 Å². The van der Waals surface area contributed by atoms with E-state index >= 15 is 0 Å². The molecule has 0 radical (unpaired) electrons. The van der Waals surface area contributed by atoms with Crippen LogP contribution in [0.3, 0.4) is 0 Å². The van der Waals surface area contributed by atoms with Crippen LogP contribution in [0.25, 0.3) is 0 Å². The molecule has 148 valence electrons. The Bertz CT molecular complexity index is 809. The first-order valence-electron chi connectivity index (χ1n) is 9.61. The van der Waals surface area contributed by atoms with Crippen LogP contribution in [0, 0.1) is 5.92 Å². The lowest BCUT2D eigenvalue weighted by Gasteiger charge is -2.22. The molecule has 28 heavy (non-hydrogen) atoms. The van der Waals surface area contributed by atoms with Gasteiger partial charge in [0.1, 0.15) is 0 Å². The average molecular weight is 382 g/mol. The first kappa shape index (κ1) is 20.0. The van der Waals surface area contributed by atoms with Crippen LogP contribution in [0.5, 0.6) is 0 Å². The summed E-state index contributed by atoms with van der Waals surface area (Å²) in [6.45, 7) is 0. The molecule has 0 aliphatic heterocycles. The summed E-state index contributed by atoms with van der Waals surface area (Å²) < 4.78 is 0. The Kier molecular flexibility index (Phi) is 6.79. The van der Waals surface area contributed by atoms with Crippen LogP contribution in [0.4, 0.5) is 0 Å². The maximum atomic E-state index is 12.9. The van der Waals surface area contributed by atoms with Crippen LogP contribution in [0.1, 0.15) is 42.0 Å². The molecule has 0 spiro atoms. The molecule has 1 aliphatic carbocycles. The number of benzene rings is 2. The van der Waals surface area contributed by atoms with Gasteiger partial charge < -0.3 is 10.4 Å². The minimum absolute atomic E-state index is 0.0956. The number of nitrogens with one attached hydrogen (secondary N) is 2. The number of aliphatic hydroxyl groups is 1. The molecule has 2 aromatic rings. The summed E-state index contributed by atoms with van der Waals surface area (Å²) in [4.78, 5) is 24.5. The Balaban J connectivity index is 1.64. The van der Waals surface area contributed by atoms with Crippen molar-refractivity contribution in [2.75, 3.05) is 0 Å². The highest BCUT2D eigenvalue weighted by molar-refractivity contribution is 5.85. The number of amides is 2. The van der Waals surface area contributed by atoms with Gasteiger partial charge >= 0.3 is 0 Å². The van der Waals surface area contributed by atoms with Gasteiger partial charge in [0.15, 0.2) is 0 Å². The lowest BCUT2D eigenvalue weighted by molar-refractivity contribution is -0.135. The van der Waals surface area contributed by atoms with E-state index in [1.807, 2.05) is 54.6 Å². The van der Waals surface area contributed by atoms with Crippen molar-refractivity contribution in [2.45, 2.75) is 44.2 Å². The quantitative estimate of drug-likeness (QED) is 0.416. The van der Waals surface area contributed by atoms with Crippen LogP contribution < -0.4 is 10.8 Å². The number of aliphatic hydroxyl groups excluding tert-OH is 1. The van der Waals surface area contributed by atoms with Crippen molar-refractivity contribution in [3.63, 3.8) is 0 Å². The number of rotatable bonds is 8. The molecule has 0 heterocycles. The van der Waals surface area contributed by atoms with Crippen LogP contribution in [-0.2, 0) is 22.4 Å². The van der Waals surface area contributed by atoms with E-state index in [9.17, 15) is 14.7 Å². The fraction of sp³-hybridized carbons (Fsp3) is 0.364. The number of carbonyl (C=O) groups excluding carboxylic acids is 2. The third-order valence-corrected chi connectivity index (χ3v) is 5.29. The molecule has 3 rings (SSSR count). The van der Waals surface area contributed by atoms with Gasteiger partial charge in [-0.2, -0.15) is 0 Å². The Hall–Kier alpha value is -2.70. The lowest BCUT2D eigenvalue weighted by atomic mass is 9.94. The van der Waals surface area contributed by atoms with Gasteiger partial charge in [-0.3, -0.25) is 14.8 Å². The van der Waals surface area contributed by atoms with E-state index in [2.05, 4.69) is 5.32 Å². The minimum atomic E-state index is -0.682. The van der Waals surface area contributed by atoms with Gasteiger partial charge in [0.25, 0.3) is 0 Å². The molecule has 0 fully saturated rings. The average Bonchev–Trinajstić information content (AvgIpc) is 3.03. The van der Waals surface area contributed by atoms with E-state index in [-0.39, 0.29) is 12.3 Å². The summed E-state index contributed by atoms with van der Waals surface area (Å²) >= 11 is 0. The Labute approximate surface area is 164 Å². The Morgan fingerprint density at radius 2 is 1.79 bits per heavy atom. The molecule has 0 bridgehead atoms. The van der Waals surface area contributed by atoms with E-state index < -0.39 is 24.0 Å². The third-order valence-electron chi connectivity index (χ3n) is 5.29. The first-order valence-corrected chi connectivity index (χ1v) is 9.61. The predicted octanol–water partition coefficient (Wildman–Crippen LogP) is 2.30.